The zero-order valence-corrected chi connectivity index (χ0v) is 14.3. The number of halogens is 3. The minimum atomic E-state index is -4.39. The highest BCUT2D eigenvalue weighted by Gasteiger charge is 2.29. The maximum Gasteiger partial charge on any atom is 0.416 e. The largest absolute Gasteiger partial charge is 0.416 e. The zero-order chi connectivity index (χ0) is 18.8. The minimum absolute atomic E-state index is 0.178. The van der Waals surface area contributed by atoms with Gasteiger partial charge in [-0.1, -0.05) is 0 Å². The Balaban J connectivity index is 2.21. The summed E-state index contributed by atoms with van der Waals surface area (Å²) in [5.74, 6) is 0.343. The van der Waals surface area contributed by atoms with Crippen molar-refractivity contribution in [1.82, 2.24) is 15.3 Å². The first kappa shape index (κ1) is 18.7. The molecule has 0 radical (unpaired) electrons. The van der Waals surface area contributed by atoms with Crippen LogP contribution < -0.4 is 10.6 Å². The molecule has 0 saturated carbocycles. The SMILES string of the molecule is Cc1nc(Nc2ccc(C(F)(F)F)cc2)cc(C(=O)NC(C)(C)C)n1. The molecule has 134 valence electrons. The number of carbonyl (C=O) groups excluding carboxylic acids is 1. The van der Waals surface area contributed by atoms with Crippen LogP contribution in [0.3, 0.4) is 0 Å². The number of carbonyl (C=O) groups is 1. The topological polar surface area (TPSA) is 66.9 Å². The highest BCUT2D eigenvalue weighted by Crippen LogP contribution is 2.30. The van der Waals surface area contributed by atoms with Gasteiger partial charge in [0.2, 0.25) is 0 Å². The molecule has 0 unspecified atom stereocenters. The fourth-order valence-electron chi connectivity index (χ4n) is 2.04. The number of hydrogen-bond donors (Lipinski definition) is 2. The number of alkyl halides is 3. The van der Waals surface area contributed by atoms with E-state index >= 15 is 0 Å². The van der Waals surface area contributed by atoms with E-state index < -0.39 is 17.3 Å². The molecule has 2 N–H and O–H groups in total. The Labute approximate surface area is 143 Å². The number of aryl methyl sites for hydroxylation is 1. The second-order valence-corrected chi connectivity index (χ2v) is 6.59. The van der Waals surface area contributed by atoms with Crippen LogP contribution in [0.15, 0.2) is 30.3 Å². The lowest BCUT2D eigenvalue weighted by Crippen LogP contribution is -2.41. The van der Waals surface area contributed by atoms with Gasteiger partial charge < -0.3 is 10.6 Å². The highest BCUT2D eigenvalue weighted by molar-refractivity contribution is 5.93. The van der Waals surface area contributed by atoms with Crippen molar-refractivity contribution in [2.75, 3.05) is 5.32 Å². The van der Waals surface area contributed by atoms with Crippen LogP contribution in [0.2, 0.25) is 0 Å². The van der Waals surface area contributed by atoms with E-state index in [0.717, 1.165) is 12.1 Å². The first-order chi connectivity index (χ1) is 11.4. The van der Waals surface area contributed by atoms with E-state index in [1.54, 1.807) is 6.92 Å². The third-order valence-electron chi connectivity index (χ3n) is 3.04. The van der Waals surface area contributed by atoms with Gasteiger partial charge in [-0.15, -0.1) is 0 Å². The van der Waals surface area contributed by atoms with Gasteiger partial charge in [0.1, 0.15) is 17.3 Å². The maximum atomic E-state index is 12.6. The van der Waals surface area contributed by atoms with Gasteiger partial charge in [-0.05, 0) is 52.0 Å². The van der Waals surface area contributed by atoms with Gasteiger partial charge in [-0.25, -0.2) is 9.97 Å². The third-order valence-corrected chi connectivity index (χ3v) is 3.04. The quantitative estimate of drug-likeness (QED) is 0.874. The van der Waals surface area contributed by atoms with E-state index in [-0.39, 0.29) is 11.6 Å². The van der Waals surface area contributed by atoms with Gasteiger partial charge in [0.15, 0.2) is 0 Å². The lowest BCUT2D eigenvalue weighted by atomic mass is 10.1. The summed E-state index contributed by atoms with van der Waals surface area (Å²) in [7, 11) is 0. The van der Waals surface area contributed by atoms with Crippen molar-refractivity contribution in [2.45, 2.75) is 39.4 Å². The Morgan fingerprint density at radius 1 is 1.04 bits per heavy atom. The van der Waals surface area contributed by atoms with Gasteiger partial charge in [0.05, 0.1) is 5.56 Å². The van der Waals surface area contributed by atoms with Gasteiger partial charge >= 0.3 is 6.18 Å². The van der Waals surface area contributed by atoms with Crippen molar-refractivity contribution in [1.29, 1.82) is 0 Å². The van der Waals surface area contributed by atoms with Crippen molar-refractivity contribution < 1.29 is 18.0 Å². The lowest BCUT2D eigenvalue weighted by Gasteiger charge is -2.20. The van der Waals surface area contributed by atoms with E-state index in [1.165, 1.54) is 18.2 Å². The van der Waals surface area contributed by atoms with Crippen LogP contribution >= 0.6 is 0 Å². The summed E-state index contributed by atoms with van der Waals surface area (Å²) < 4.78 is 37.8. The average Bonchev–Trinajstić information content (AvgIpc) is 2.44. The number of amides is 1. The Morgan fingerprint density at radius 2 is 1.64 bits per heavy atom. The van der Waals surface area contributed by atoms with E-state index in [4.69, 9.17) is 0 Å². The van der Waals surface area contributed by atoms with E-state index in [2.05, 4.69) is 20.6 Å². The number of aromatic nitrogens is 2. The molecule has 25 heavy (non-hydrogen) atoms. The predicted molar refractivity (Wildman–Crippen MR) is 88.7 cm³/mol. The number of hydrogen-bond acceptors (Lipinski definition) is 4. The Bertz CT molecular complexity index is 765. The first-order valence-electron chi connectivity index (χ1n) is 7.56. The molecule has 5 nitrogen and oxygen atoms in total. The monoisotopic (exact) mass is 352 g/mol. The molecule has 0 atom stereocenters. The van der Waals surface area contributed by atoms with Crippen LogP contribution in [0.5, 0.6) is 0 Å². The summed E-state index contributed by atoms with van der Waals surface area (Å²) in [6.45, 7) is 7.17. The molecule has 0 fully saturated rings. The van der Waals surface area contributed by atoms with Gasteiger partial charge in [0.25, 0.3) is 5.91 Å². The Hall–Kier alpha value is -2.64. The maximum absolute atomic E-state index is 12.6. The van der Waals surface area contributed by atoms with Crippen molar-refractivity contribution >= 4 is 17.4 Å². The molecular formula is C17H19F3N4O. The summed E-state index contributed by atoms with van der Waals surface area (Å²) >= 11 is 0. The summed E-state index contributed by atoms with van der Waals surface area (Å²) in [5, 5.41) is 5.68. The summed E-state index contributed by atoms with van der Waals surface area (Å²) in [4.78, 5) is 20.5. The van der Waals surface area contributed by atoms with Crippen LogP contribution in [-0.2, 0) is 6.18 Å². The molecule has 8 heteroatoms. The first-order valence-corrected chi connectivity index (χ1v) is 7.56. The van der Waals surface area contributed by atoms with Crippen LogP contribution in [0.25, 0.3) is 0 Å². The van der Waals surface area contributed by atoms with Crippen LogP contribution in [0.4, 0.5) is 24.7 Å². The molecule has 0 bridgehead atoms. The van der Waals surface area contributed by atoms with Crippen molar-refractivity contribution in [3.63, 3.8) is 0 Å². The molecule has 1 aromatic carbocycles. The minimum Gasteiger partial charge on any atom is -0.346 e. The molecule has 1 aromatic heterocycles. The standard InChI is InChI=1S/C17H19F3N4O/c1-10-21-13(15(25)24-16(2,3)4)9-14(22-10)23-12-7-5-11(6-8-12)17(18,19)20/h5-9H,1-4H3,(H,24,25)(H,21,22,23). The average molecular weight is 352 g/mol. The van der Waals surface area contributed by atoms with Gasteiger partial charge in [0, 0.05) is 17.3 Å². The summed E-state index contributed by atoms with van der Waals surface area (Å²) in [6.07, 6.45) is -4.39. The Morgan fingerprint density at radius 3 is 2.16 bits per heavy atom. The number of nitrogens with one attached hydrogen (secondary N) is 2. The van der Waals surface area contributed by atoms with E-state index in [0.29, 0.717) is 17.3 Å². The van der Waals surface area contributed by atoms with E-state index in [9.17, 15) is 18.0 Å². The molecule has 1 heterocycles. The molecule has 2 aromatic rings. The number of rotatable bonds is 3. The molecule has 1 amide bonds. The second-order valence-electron chi connectivity index (χ2n) is 6.59. The number of anilines is 2. The van der Waals surface area contributed by atoms with Crippen LogP contribution in [0, 0.1) is 6.92 Å². The van der Waals surface area contributed by atoms with Crippen LogP contribution in [-0.4, -0.2) is 21.4 Å². The third kappa shape index (κ3) is 5.44. The van der Waals surface area contributed by atoms with Crippen molar-refractivity contribution in [3.05, 3.63) is 47.4 Å². The summed E-state index contributed by atoms with van der Waals surface area (Å²) in [6, 6.07) is 6.00. The fraction of sp³-hybridized carbons (Fsp3) is 0.353. The normalized spacial score (nSPS) is 12.0. The lowest BCUT2D eigenvalue weighted by molar-refractivity contribution is -0.137. The molecule has 2 rings (SSSR count). The molecular weight excluding hydrogens is 333 g/mol. The van der Waals surface area contributed by atoms with Gasteiger partial charge in [-0.2, -0.15) is 13.2 Å². The zero-order valence-electron chi connectivity index (χ0n) is 14.3. The molecule has 0 aliphatic heterocycles. The smallest absolute Gasteiger partial charge is 0.346 e. The molecule has 0 aliphatic carbocycles. The second kappa shape index (κ2) is 6.70. The summed E-state index contributed by atoms with van der Waals surface area (Å²) in [5.41, 5.74) is -0.552. The highest BCUT2D eigenvalue weighted by atomic mass is 19.4. The molecule has 0 saturated heterocycles. The van der Waals surface area contributed by atoms with Crippen LogP contribution in [0.1, 0.15) is 42.6 Å². The van der Waals surface area contributed by atoms with Crippen molar-refractivity contribution in [3.8, 4) is 0 Å². The molecule has 0 aliphatic rings. The van der Waals surface area contributed by atoms with Gasteiger partial charge in [-0.3, -0.25) is 4.79 Å². The number of benzene rings is 1. The number of nitrogens with zero attached hydrogens (tertiary/aromatic N) is 2. The predicted octanol–water partition coefficient (Wildman–Crippen LogP) is 4.08. The van der Waals surface area contributed by atoms with E-state index in [1.807, 2.05) is 20.8 Å². The van der Waals surface area contributed by atoms with Crippen molar-refractivity contribution in [2.24, 2.45) is 0 Å². The Kier molecular flexibility index (Phi) is 5.01. The fourth-order valence-corrected chi connectivity index (χ4v) is 2.04. The molecule has 0 spiro atoms.